The third kappa shape index (κ3) is 5.22. The lowest BCUT2D eigenvalue weighted by Gasteiger charge is -2.18. The highest BCUT2D eigenvalue weighted by Gasteiger charge is 2.13. The van der Waals surface area contributed by atoms with Gasteiger partial charge in [0, 0.05) is 12.1 Å². The summed E-state index contributed by atoms with van der Waals surface area (Å²) in [5.74, 6) is 0.00667. The molecule has 4 heteroatoms. The SMILES string of the molecule is CCNC(=O)CN(CC)CC(=O)c1ccc(C)cc1. The fraction of sp³-hybridized carbons (Fsp3) is 0.467. The Morgan fingerprint density at radius 3 is 2.26 bits per heavy atom. The average molecular weight is 262 g/mol. The van der Waals surface area contributed by atoms with Crippen LogP contribution in [0.3, 0.4) is 0 Å². The highest BCUT2D eigenvalue weighted by Crippen LogP contribution is 2.05. The number of carbonyl (C=O) groups excluding carboxylic acids is 2. The van der Waals surface area contributed by atoms with Gasteiger partial charge in [-0.1, -0.05) is 36.8 Å². The number of hydrogen-bond donors (Lipinski definition) is 1. The summed E-state index contributed by atoms with van der Waals surface area (Å²) in [5.41, 5.74) is 1.83. The van der Waals surface area contributed by atoms with Crippen molar-refractivity contribution in [2.75, 3.05) is 26.2 Å². The summed E-state index contributed by atoms with van der Waals surface area (Å²) < 4.78 is 0. The number of benzene rings is 1. The molecule has 0 saturated carbocycles. The molecule has 0 unspecified atom stereocenters. The number of ketones is 1. The number of amides is 1. The largest absolute Gasteiger partial charge is 0.355 e. The van der Waals surface area contributed by atoms with E-state index in [-0.39, 0.29) is 24.8 Å². The molecule has 104 valence electrons. The standard InChI is InChI=1S/C15H22N2O2/c1-4-16-15(19)11-17(5-2)10-14(18)13-8-6-12(3)7-9-13/h6-9H,4-5,10-11H2,1-3H3,(H,16,19). The zero-order valence-corrected chi connectivity index (χ0v) is 11.9. The lowest BCUT2D eigenvalue weighted by molar-refractivity contribution is -0.121. The van der Waals surface area contributed by atoms with Crippen molar-refractivity contribution in [3.8, 4) is 0 Å². The zero-order valence-electron chi connectivity index (χ0n) is 11.9. The second-order valence-corrected chi connectivity index (χ2v) is 4.55. The molecular weight excluding hydrogens is 240 g/mol. The maximum Gasteiger partial charge on any atom is 0.234 e. The minimum Gasteiger partial charge on any atom is -0.355 e. The molecule has 0 aliphatic carbocycles. The van der Waals surface area contributed by atoms with E-state index in [9.17, 15) is 9.59 Å². The van der Waals surface area contributed by atoms with Crippen molar-refractivity contribution in [3.05, 3.63) is 35.4 Å². The smallest absolute Gasteiger partial charge is 0.234 e. The van der Waals surface area contributed by atoms with Crippen LogP contribution in [0, 0.1) is 6.92 Å². The van der Waals surface area contributed by atoms with Crippen LogP contribution in [-0.2, 0) is 4.79 Å². The van der Waals surface area contributed by atoms with Crippen molar-refractivity contribution < 1.29 is 9.59 Å². The number of hydrogen-bond acceptors (Lipinski definition) is 3. The molecule has 0 aliphatic rings. The van der Waals surface area contributed by atoms with E-state index in [0.717, 1.165) is 5.56 Å². The Balaban J connectivity index is 2.57. The Labute approximate surface area is 114 Å². The highest BCUT2D eigenvalue weighted by atomic mass is 16.2. The first kappa shape index (κ1) is 15.4. The topological polar surface area (TPSA) is 49.4 Å². The molecule has 1 aromatic rings. The van der Waals surface area contributed by atoms with Crippen molar-refractivity contribution in [1.82, 2.24) is 10.2 Å². The van der Waals surface area contributed by atoms with Gasteiger partial charge in [0.05, 0.1) is 13.1 Å². The van der Waals surface area contributed by atoms with Gasteiger partial charge in [0.25, 0.3) is 0 Å². The molecule has 1 amide bonds. The molecule has 0 radical (unpaired) electrons. The van der Waals surface area contributed by atoms with Gasteiger partial charge in [0.2, 0.25) is 5.91 Å². The summed E-state index contributed by atoms with van der Waals surface area (Å²) in [4.78, 5) is 25.4. The van der Waals surface area contributed by atoms with E-state index < -0.39 is 0 Å². The van der Waals surface area contributed by atoms with Gasteiger partial charge in [0.15, 0.2) is 5.78 Å². The fourth-order valence-electron chi connectivity index (χ4n) is 1.77. The third-order valence-electron chi connectivity index (χ3n) is 2.93. The van der Waals surface area contributed by atoms with Crippen LogP contribution in [0.5, 0.6) is 0 Å². The van der Waals surface area contributed by atoms with Crippen LogP contribution in [0.4, 0.5) is 0 Å². The van der Waals surface area contributed by atoms with Gasteiger partial charge in [-0.2, -0.15) is 0 Å². The molecule has 0 fully saturated rings. The normalized spacial score (nSPS) is 10.5. The van der Waals surface area contributed by atoms with Gasteiger partial charge in [-0.05, 0) is 20.4 Å². The van der Waals surface area contributed by atoms with E-state index in [4.69, 9.17) is 0 Å². The van der Waals surface area contributed by atoms with Crippen molar-refractivity contribution in [1.29, 1.82) is 0 Å². The van der Waals surface area contributed by atoms with Crippen LogP contribution in [0.1, 0.15) is 29.8 Å². The van der Waals surface area contributed by atoms with Gasteiger partial charge in [-0.3, -0.25) is 14.5 Å². The van der Waals surface area contributed by atoms with Gasteiger partial charge in [-0.15, -0.1) is 0 Å². The van der Waals surface area contributed by atoms with E-state index in [2.05, 4.69) is 5.32 Å². The van der Waals surface area contributed by atoms with Crippen molar-refractivity contribution in [2.45, 2.75) is 20.8 Å². The fourth-order valence-corrected chi connectivity index (χ4v) is 1.77. The molecule has 19 heavy (non-hydrogen) atoms. The summed E-state index contributed by atoms with van der Waals surface area (Å²) in [6, 6.07) is 7.51. The molecule has 0 bridgehead atoms. The number of likely N-dealkylation sites (N-methyl/N-ethyl adjacent to an activating group) is 2. The Hall–Kier alpha value is -1.68. The Kier molecular flexibility index (Phi) is 6.22. The summed E-state index contributed by atoms with van der Waals surface area (Å²) in [6.45, 7) is 7.64. The van der Waals surface area contributed by atoms with Crippen LogP contribution in [0.15, 0.2) is 24.3 Å². The first-order valence-corrected chi connectivity index (χ1v) is 6.65. The lowest BCUT2D eigenvalue weighted by atomic mass is 10.1. The summed E-state index contributed by atoms with van der Waals surface area (Å²) in [7, 11) is 0. The number of nitrogens with one attached hydrogen (secondary N) is 1. The van der Waals surface area contributed by atoms with E-state index in [0.29, 0.717) is 18.7 Å². The van der Waals surface area contributed by atoms with Crippen LogP contribution in [0.25, 0.3) is 0 Å². The minimum absolute atomic E-state index is 0.0407. The van der Waals surface area contributed by atoms with E-state index in [1.165, 1.54) is 0 Å². The van der Waals surface area contributed by atoms with Gasteiger partial charge >= 0.3 is 0 Å². The lowest BCUT2D eigenvalue weighted by Crippen LogP contribution is -2.39. The highest BCUT2D eigenvalue weighted by molar-refractivity contribution is 5.97. The molecule has 1 aromatic carbocycles. The number of nitrogens with zero attached hydrogens (tertiary/aromatic N) is 1. The first-order valence-electron chi connectivity index (χ1n) is 6.65. The second-order valence-electron chi connectivity index (χ2n) is 4.55. The maximum atomic E-state index is 12.1. The Bertz CT molecular complexity index is 426. The molecule has 0 heterocycles. The van der Waals surface area contributed by atoms with E-state index in [1.54, 1.807) is 0 Å². The zero-order chi connectivity index (χ0) is 14.3. The first-order chi connectivity index (χ1) is 9.06. The second kappa shape index (κ2) is 7.69. The summed E-state index contributed by atoms with van der Waals surface area (Å²) >= 11 is 0. The molecule has 0 saturated heterocycles. The third-order valence-corrected chi connectivity index (χ3v) is 2.93. The summed E-state index contributed by atoms with van der Waals surface area (Å²) in [5, 5.41) is 2.74. The van der Waals surface area contributed by atoms with Crippen LogP contribution in [0.2, 0.25) is 0 Å². The van der Waals surface area contributed by atoms with Gasteiger partial charge < -0.3 is 5.32 Å². The van der Waals surface area contributed by atoms with Gasteiger partial charge in [0.1, 0.15) is 0 Å². The molecule has 0 aliphatic heterocycles. The Morgan fingerprint density at radius 1 is 1.11 bits per heavy atom. The van der Waals surface area contributed by atoms with Crippen LogP contribution < -0.4 is 5.32 Å². The van der Waals surface area contributed by atoms with E-state index >= 15 is 0 Å². The number of carbonyl (C=O) groups is 2. The minimum atomic E-state index is -0.0407. The van der Waals surface area contributed by atoms with Crippen molar-refractivity contribution in [2.24, 2.45) is 0 Å². The number of Topliss-reactive ketones (excluding diaryl/α,β-unsaturated/α-hetero) is 1. The molecule has 0 spiro atoms. The van der Waals surface area contributed by atoms with Crippen LogP contribution in [-0.4, -0.2) is 42.8 Å². The van der Waals surface area contributed by atoms with Gasteiger partial charge in [-0.25, -0.2) is 0 Å². The molecular formula is C15H22N2O2. The molecule has 1 N–H and O–H groups in total. The van der Waals surface area contributed by atoms with Crippen LogP contribution >= 0.6 is 0 Å². The number of aryl methyl sites for hydroxylation is 1. The molecule has 0 atom stereocenters. The molecule has 0 aromatic heterocycles. The quantitative estimate of drug-likeness (QED) is 0.760. The van der Waals surface area contributed by atoms with E-state index in [1.807, 2.05) is 49.9 Å². The summed E-state index contributed by atoms with van der Waals surface area (Å²) in [6.07, 6.45) is 0. The van der Waals surface area contributed by atoms with Crippen molar-refractivity contribution in [3.63, 3.8) is 0 Å². The molecule has 4 nitrogen and oxygen atoms in total. The number of rotatable bonds is 7. The van der Waals surface area contributed by atoms with Crippen molar-refractivity contribution >= 4 is 11.7 Å². The predicted octanol–water partition coefficient (Wildman–Crippen LogP) is 1.64. The monoisotopic (exact) mass is 262 g/mol. The predicted molar refractivity (Wildman–Crippen MR) is 76.3 cm³/mol. The maximum absolute atomic E-state index is 12.1. The Morgan fingerprint density at radius 2 is 1.74 bits per heavy atom. The molecule has 1 rings (SSSR count). The average Bonchev–Trinajstić information content (AvgIpc) is 2.38.